The number of aromatic nitrogens is 2. The van der Waals surface area contributed by atoms with Crippen LogP contribution >= 0.6 is 0 Å². The second-order valence-electron chi connectivity index (χ2n) is 8.70. The Morgan fingerprint density at radius 3 is 2.45 bits per heavy atom. The lowest BCUT2D eigenvalue weighted by atomic mass is 10.00. The number of benzene rings is 1. The van der Waals surface area contributed by atoms with Crippen molar-refractivity contribution in [3.05, 3.63) is 28.8 Å². The molecule has 33 heavy (non-hydrogen) atoms. The average molecular weight is 457 g/mol. The number of piperidine rings is 1. The van der Waals surface area contributed by atoms with Crippen molar-refractivity contribution in [3.8, 4) is 11.5 Å². The van der Waals surface area contributed by atoms with Gasteiger partial charge in [0, 0.05) is 38.7 Å². The summed E-state index contributed by atoms with van der Waals surface area (Å²) in [4.78, 5) is 46.9. The maximum atomic E-state index is 13.0. The van der Waals surface area contributed by atoms with Crippen molar-refractivity contribution in [3.63, 3.8) is 0 Å². The van der Waals surface area contributed by atoms with Crippen molar-refractivity contribution in [2.24, 2.45) is 0 Å². The molecule has 9 nitrogen and oxygen atoms in total. The van der Waals surface area contributed by atoms with E-state index in [0.717, 1.165) is 45.2 Å². The standard InChI is InChI=1S/C24H32N4O5/c1-32-20-14-17-18(15-21(20)33-2)25-16-27(23(17)30)12-7-9-22(29)28-13-4-3-8-19(28)24(31)26-10-5-6-11-26/h14-16,19H,3-13H2,1-2H3. The Hall–Kier alpha value is -3.10. The average Bonchev–Trinajstić information content (AvgIpc) is 3.39. The zero-order chi connectivity index (χ0) is 23.4. The summed E-state index contributed by atoms with van der Waals surface area (Å²) in [6, 6.07) is 2.97. The fourth-order valence-corrected chi connectivity index (χ4v) is 4.82. The van der Waals surface area contributed by atoms with Gasteiger partial charge in [-0.15, -0.1) is 0 Å². The van der Waals surface area contributed by atoms with Crippen LogP contribution in [-0.4, -0.2) is 71.1 Å². The first kappa shape index (κ1) is 23.1. The van der Waals surface area contributed by atoms with E-state index in [0.29, 0.717) is 48.3 Å². The van der Waals surface area contributed by atoms with Gasteiger partial charge in [-0.1, -0.05) is 0 Å². The number of rotatable bonds is 7. The van der Waals surface area contributed by atoms with Crippen LogP contribution in [0.4, 0.5) is 0 Å². The number of ether oxygens (including phenoxy) is 2. The molecule has 1 aromatic heterocycles. The van der Waals surface area contributed by atoms with Gasteiger partial charge in [0.1, 0.15) is 6.04 Å². The number of nitrogens with zero attached hydrogens (tertiary/aromatic N) is 4. The highest BCUT2D eigenvalue weighted by Gasteiger charge is 2.35. The second-order valence-corrected chi connectivity index (χ2v) is 8.70. The van der Waals surface area contributed by atoms with Crippen molar-refractivity contribution in [2.75, 3.05) is 33.9 Å². The number of hydrogen-bond donors (Lipinski definition) is 0. The second kappa shape index (κ2) is 10.2. The first-order chi connectivity index (χ1) is 16.0. The largest absolute Gasteiger partial charge is 0.493 e. The predicted molar refractivity (Wildman–Crippen MR) is 124 cm³/mol. The lowest BCUT2D eigenvalue weighted by Crippen LogP contribution is -2.52. The van der Waals surface area contributed by atoms with Crippen molar-refractivity contribution < 1.29 is 19.1 Å². The molecule has 3 heterocycles. The van der Waals surface area contributed by atoms with Crippen LogP contribution in [-0.2, 0) is 16.1 Å². The summed E-state index contributed by atoms with van der Waals surface area (Å²) in [5.41, 5.74) is 0.343. The Morgan fingerprint density at radius 1 is 1.03 bits per heavy atom. The number of aryl methyl sites for hydroxylation is 1. The highest BCUT2D eigenvalue weighted by molar-refractivity contribution is 5.88. The minimum Gasteiger partial charge on any atom is -0.493 e. The van der Waals surface area contributed by atoms with Gasteiger partial charge in [-0.25, -0.2) is 4.98 Å². The van der Waals surface area contributed by atoms with Crippen LogP contribution in [0.5, 0.6) is 11.5 Å². The third-order valence-corrected chi connectivity index (χ3v) is 6.64. The number of carbonyl (C=O) groups is 2. The molecular weight excluding hydrogens is 424 g/mol. The van der Waals surface area contributed by atoms with Gasteiger partial charge >= 0.3 is 0 Å². The molecule has 1 atom stereocenters. The van der Waals surface area contributed by atoms with E-state index in [4.69, 9.17) is 9.47 Å². The summed E-state index contributed by atoms with van der Waals surface area (Å²) in [6.07, 6.45) is 7.01. The summed E-state index contributed by atoms with van der Waals surface area (Å²) in [6.45, 7) is 2.60. The van der Waals surface area contributed by atoms with Gasteiger partial charge in [-0.05, 0) is 44.6 Å². The minimum atomic E-state index is -0.336. The molecule has 178 valence electrons. The molecule has 2 aromatic rings. The molecule has 2 fully saturated rings. The Bertz CT molecular complexity index is 1080. The van der Waals surface area contributed by atoms with Crippen molar-refractivity contribution in [1.82, 2.24) is 19.4 Å². The Kier molecular flexibility index (Phi) is 7.15. The van der Waals surface area contributed by atoms with E-state index in [9.17, 15) is 14.4 Å². The van der Waals surface area contributed by atoms with Crippen LogP contribution in [0, 0.1) is 0 Å². The number of fused-ring (bicyclic) bond motifs is 1. The van der Waals surface area contributed by atoms with Gasteiger partial charge in [-0.2, -0.15) is 0 Å². The monoisotopic (exact) mass is 456 g/mol. The van der Waals surface area contributed by atoms with E-state index in [1.54, 1.807) is 17.0 Å². The zero-order valence-corrected chi connectivity index (χ0v) is 19.4. The molecule has 0 spiro atoms. The van der Waals surface area contributed by atoms with Crippen LogP contribution in [0.1, 0.15) is 44.9 Å². The molecule has 2 aliphatic heterocycles. The van der Waals surface area contributed by atoms with Gasteiger partial charge in [0.2, 0.25) is 11.8 Å². The maximum Gasteiger partial charge on any atom is 0.261 e. The summed E-state index contributed by atoms with van der Waals surface area (Å²) in [7, 11) is 3.06. The first-order valence-corrected chi connectivity index (χ1v) is 11.7. The molecule has 2 saturated heterocycles. The Morgan fingerprint density at radius 2 is 1.73 bits per heavy atom. The number of likely N-dealkylation sites (tertiary alicyclic amines) is 2. The van der Waals surface area contributed by atoms with Gasteiger partial charge in [0.15, 0.2) is 11.5 Å². The molecule has 0 radical (unpaired) electrons. The van der Waals surface area contributed by atoms with E-state index in [1.807, 2.05) is 4.90 Å². The SMILES string of the molecule is COc1cc2ncn(CCCC(=O)N3CCCCC3C(=O)N3CCCC3)c(=O)c2cc1OC. The molecular formula is C24H32N4O5. The highest BCUT2D eigenvalue weighted by atomic mass is 16.5. The first-order valence-electron chi connectivity index (χ1n) is 11.7. The summed E-state index contributed by atoms with van der Waals surface area (Å²) >= 11 is 0. The molecule has 4 rings (SSSR count). The van der Waals surface area contributed by atoms with Crippen molar-refractivity contribution in [1.29, 1.82) is 0 Å². The Labute approximate surface area is 193 Å². The number of methoxy groups -OCH3 is 2. The van der Waals surface area contributed by atoms with Crippen LogP contribution in [0.2, 0.25) is 0 Å². The number of carbonyl (C=O) groups excluding carboxylic acids is 2. The van der Waals surface area contributed by atoms with Gasteiger partial charge in [0.05, 0.1) is 31.4 Å². The molecule has 0 saturated carbocycles. The molecule has 1 unspecified atom stereocenters. The molecule has 9 heteroatoms. The number of amides is 2. The van der Waals surface area contributed by atoms with Gasteiger partial charge in [0.25, 0.3) is 5.56 Å². The summed E-state index contributed by atoms with van der Waals surface area (Å²) < 4.78 is 12.1. The molecule has 2 aliphatic rings. The fourth-order valence-electron chi connectivity index (χ4n) is 4.82. The smallest absolute Gasteiger partial charge is 0.261 e. The molecule has 0 aliphatic carbocycles. The third-order valence-electron chi connectivity index (χ3n) is 6.64. The van der Waals surface area contributed by atoms with E-state index >= 15 is 0 Å². The fraction of sp³-hybridized carbons (Fsp3) is 0.583. The van der Waals surface area contributed by atoms with Gasteiger partial charge < -0.3 is 19.3 Å². The molecule has 0 bridgehead atoms. The topological polar surface area (TPSA) is 94.0 Å². The zero-order valence-electron chi connectivity index (χ0n) is 19.4. The molecule has 2 amide bonds. The van der Waals surface area contributed by atoms with E-state index in [-0.39, 0.29) is 23.4 Å². The summed E-state index contributed by atoms with van der Waals surface area (Å²) in [5, 5.41) is 0.439. The predicted octanol–water partition coefficient (Wildman–Crippen LogP) is 2.20. The van der Waals surface area contributed by atoms with Crippen LogP contribution in [0.15, 0.2) is 23.3 Å². The lowest BCUT2D eigenvalue weighted by Gasteiger charge is -2.37. The quantitative estimate of drug-likeness (QED) is 0.634. The van der Waals surface area contributed by atoms with Crippen LogP contribution in [0.3, 0.4) is 0 Å². The maximum absolute atomic E-state index is 13.0. The normalized spacial score (nSPS) is 18.5. The van der Waals surface area contributed by atoms with E-state index in [2.05, 4.69) is 4.98 Å². The number of hydrogen-bond acceptors (Lipinski definition) is 6. The summed E-state index contributed by atoms with van der Waals surface area (Å²) in [5.74, 6) is 1.07. The minimum absolute atomic E-state index is 0.0135. The Balaban J connectivity index is 1.41. The van der Waals surface area contributed by atoms with E-state index in [1.165, 1.54) is 25.1 Å². The molecule has 1 aromatic carbocycles. The lowest BCUT2D eigenvalue weighted by molar-refractivity contribution is -0.147. The van der Waals surface area contributed by atoms with Gasteiger partial charge in [-0.3, -0.25) is 19.0 Å². The van der Waals surface area contributed by atoms with E-state index < -0.39 is 0 Å². The van der Waals surface area contributed by atoms with Crippen molar-refractivity contribution >= 4 is 22.7 Å². The van der Waals surface area contributed by atoms with Crippen LogP contribution < -0.4 is 15.0 Å². The highest BCUT2D eigenvalue weighted by Crippen LogP contribution is 2.30. The molecule has 0 N–H and O–H groups in total. The van der Waals surface area contributed by atoms with Crippen LogP contribution in [0.25, 0.3) is 10.9 Å². The third kappa shape index (κ3) is 4.82. The van der Waals surface area contributed by atoms with Crippen molar-refractivity contribution in [2.45, 2.75) is 57.5 Å².